The van der Waals surface area contributed by atoms with Crippen LogP contribution in [-0.2, 0) is 14.6 Å². The molecule has 2 aliphatic rings. The molecule has 2 saturated heterocycles. The first kappa shape index (κ1) is 13.8. The third-order valence-corrected chi connectivity index (χ3v) is 5.66. The average Bonchev–Trinajstić information content (AvgIpc) is 2.50. The molecule has 0 spiro atoms. The highest BCUT2D eigenvalue weighted by molar-refractivity contribution is 7.91. The Hall–Kier alpha value is -0.620. The summed E-state index contributed by atoms with van der Waals surface area (Å²) in [6.07, 6.45) is 2.51. The number of amides is 1. The van der Waals surface area contributed by atoms with E-state index in [1.165, 1.54) is 0 Å². The van der Waals surface area contributed by atoms with Gasteiger partial charge in [-0.2, -0.15) is 0 Å². The van der Waals surface area contributed by atoms with Gasteiger partial charge in [-0.3, -0.25) is 4.79 Å². The lowest BCUT2D eigenvalue weighted by molar-refractivity contribution is -0.136. The smallest absolute Gasteiger partial charge is 0.227 e. The predicted octanol–water partition coefficient (Wildman–Crippen LogP) is 0.0216. The number of nitrogens with one attached hydrogen (secondary N) is 1. The lowest BCUT2D eigenvalue weighted by Gasteiger charge is -2.33. The van der Waals surface area contributed by atoms with Crippen molar-refractivity contribution in [2.75, 3.05) is 31.1 Å². The van der Waals surface area contributed by atoms with Crippen molar-refractivity contribution in [2.45, 2.75) is 32.2 Å². The second-order valence-corrected chi connectivity index (χ2v) is 7.63. The van der Waals surface area contributed by atoms with E-state index in [2.05, 4.69) is 5.32 Å². The summed E-state index contributed by atoms with van der Waals surface area (Å²) in [5.74, 6) is 0.481. The largest absolute Gasteiger partial charge is 0.341 e. The molecule has 1 amide bonds. The second kappa shape index (κ2) is 5.57. The van der Waals surface area contributed by atoms with Crippen LogP contribution in [-0.4, -0.2) is 56.4 Å². The Morgan fingerprint density at radius 1 is 1.22 bits per heavy atom. The van der Waals surface area contributed by atoms with Gasteiger partial charge in [-0.05, 0) is 32.7 Å². The van der Waals surface area contributed by atoms with Crippen molar-refractivity contribution in [1.82, 2.24) is 10.2 Å². The minimum absolute atomic E-state index is 0.0135. The van der Waals surface area contributed by atoms with Crippen LogP contribution < -0.4 is 5.32 Å². The molecule has 0 bridgehead atoms. The summed E-state index contributed by atoms with van der Waals surface area (Å²) < 4.78 is 23.1. The van der Waals surface area contributed by atoms with Gasteiger partial charge in [0, 0.05) is 19.1 Å². The van der Waals surface area contributed by atoms with Gasteiger partial charge in [-0.1, -0.05) is 0 Å². The molecular weight excluding hydrogens is 252 g/mol. The average molecular weight is 274 g/mol. The minimum Gasteiger partial charge on any atom is -0.341 e. The standard InChI is InChI=1S/C12H22N2O3S/c1-10-11(4-2-5-13-10)12(15)14-6-3-8-18(16,17)9-7-14/h10-11,13H,2-9H2,1H3. The lowest BCUT2D eigenvalue weighted by Crippen LogP contribution is -2.48. The maximum atomic E-state index is 12.4. The van der Waals surface area contributed by atoms with Crippen molar-refractivity contribution < 1.29 is 13.2 Å². The van der Waals surface area contributed by atoms with Gasteiger partial charge >= 0.3 is 0 Å². The quantitative estimate of drug-likeness (QED) is 0.732. The van der Waals surface area contributed by atoms with Crippen LogP contribution in [0.5, 0.6) is 0 Å². The van der Waals surface area contributed by atoms with Gasteiger partial charge < -0.3 is 10.2 Å². The topological polar surface area (TPSA) is 66.5 Å². The number of nitrogens with zero attached hydrogens (tertiary/aromatic N) is 1. The molecule has 0 aromatic rings. The van der Waals surface area contributed by atoms with E-state index in [-0.39, 0.29) is 29.4 Å². The van der Waals surface area contributed by atoms with Crippen LogP contribution in [0.3, 0.4) is 0 Å². The number of hydrogen-bond donors (Lipinski definition) is 1. The SMILES string of the molecule is CC1NCCCC1C(=O)N1CCCS(=O)(=O)CC1. The van der Waals surface area contributed by atoms with Crippen LogP contribution in [0.25, 0.3) is 0 Å². The molecule has 18 heavy (non-hydrogen) atoms. The van der Waals surface area contributed by atoms with Crippen molar-refractivity contribution in [1.29, 1.82) is 0 Å². The van der Waals surface area contributed by atoms with Gasteiger partial charge in [0.1, 0.15) is 0 Å². The van der Waals surface area contributed by atoms with Crippen LogP contribution in [0.1, 0.15) is 26.2 Å². The zero-order chi connectivity index (χ0) is 13.2. The molecule has 104 valence electrons. The first-order valence-corrected chi connectivity index (χ1v) is 8.54. The van der Waals surface area contributed by atoms with Gasteiger partial charge in [0.2, 0.25) is 5.91 Å². The van der Waals surface area contributed by atoms with Crippen LogP contribution in [0.4, 0.5) is 0 Å². The van der Waals surface area contributed by atoms with E-state index in [1.807, 2.05) is 6.92 Å². The summed E-state index contributed by atoms with van der Waals surface area (Å²) in [4.78, 5) is 14.2. The van der Waals surface area contributed by atoms with Crippen LogP contribution in [0.15, 0.2) is 0 Å². The molecule has 2 rings (SSSR count). The highest BCUT2D eigenvalue weighted by Gasteiger charge is 2.32. The second-order valence-electron chi connectivity index (χ2n) is 5.32. The summed E-state index contributed by atoms with van der Waals surface area (Å²) >= 11 is 0. The third kappa shape index (κ3) is 3.23. The molecule has 2 fully saturated rings. The van der Waals surface area contributed by atoms with Crippen molar-refractivity contribution in [3.63, 3.8) is 0 Å². The highest BCUT2D eigenvalue weighted by Crippen LogP contribution is 2.20. The molecule has 2 aliphatic heterocycles. The Bertz CT molecular complexity index is 408. The van der Waals surface area contributed by atoms with E-state index >= 15 is 0 Å². The van der Waals surface area contributed by atoms with Gasteiger partial charge in [0.05, 0.1) is 17.4 Å². The number of piperidine rings is 1. The first-order chi connectivity index (χ1) is 8.49. The molecule has 5 nitrogen and oxygen atoms in total. The van der Waals surface area contributed by atoms with Crippen LogP contribution in [0, 0.1) is 5.92 Å². The van der Waals surface area contributed by atoms with E-state index in [0.29, 0.717) is 19.5 Å². The fraction of sp³-hybridized carbons (Fsp3) is 0.917. The fourth-order valence-corrected chi connectivity index (χ4v) is 4.05. The summed E-state index contributed by atoms with van der Waals surface area (Å²) in [5, 5.41) is 3.32. The molecule has 1 N–H and O–H groups in total. The molecule has 2 unspecified atom stereocenters. The van der Waals surface area contributed by atoms with Crippen molar-refractivity contribution in [3.05, 3.63) is 0 Å². The maximum absolute atomic E-state index is 12.4. The predicted molar refractivity (Wildman–Crippen MR) is 70.0 cm³/mol. The normalized spacial score (nSPS) is 32.8. The summed E-state index contributed by atoms with van der Waals surface area (Å²) in [6, 6.07) is 0.200. The molecule has 0 aromatic carbocycles. The Balaban J connectivity index is 2.00. The van der Waals surface area contributed by atoms with Crippen LogP contribution >= 0.6 is 0 Å². The molecular formula is C12H22N2O3S. The number of rotatable bonds is 1. The van der Waals surface area contributed by atoms with Gasteiger partial charge in [-0.15, -0.1) is 0 Å². The Morgan fingerprint density at radius 3 is 2.72 bits per heavy atom. The lowest BCUT2D eigenvalue weighted by atomic mass is 9.90. The highest BCUT2D eigenvalue weighted by atomic mass is 32.2. The Labute approximate surface area is 109 Å². The van der Waals surface area contributed by atoms with E-state index in [9.17, 15) is 13.2 Å². The van der Waals surface area contributed by atoms with Crippen molar-refractivity contribution >= 4 is 15.7 Å². The maximum Gasteiger partial charge on any atom is 0.227 e. The van der Waals surface area contributed by atoms with Gasteiger partial charge in [0.25, 0.3) is 0 Å². The van der Waals surface area contributed by atoms with Crippen molar-refractivity contribution in [3.8, 4) is 0 Å². The number of sulfone groups is 1. The monoisotopic (exact) mass is 274 g/mol. The van der Waals surface area contributed by atoms with Gasteiger partial charge in [-0.25, -0.2) is 8.42 Å². The number of carbonyl (C=O) groups excluding carboxylic acids is 1. The van der Waals surface area contributed by atoms with Crippen molar-refractivity contribution in [2.24, 2.45) is 5.92 Å². The van der Waals surface area contributed by atoms with E-state index in [0.717, 1.165) is 19.4 Å². The molecule has 2 heterocycles. The zero-order valence-electron chi connectivity index (χ0n) is 10.9. The molecule has 0 saturated carbocycles. The van der Waals surface area contributed by atoms with E-state index in [4.69, 9.17) is 0 Å². The summed E-state index contributed by atoms with van der Waals surface area (Å²) in [6.45, 7) is 3.96. The Morgan fingerprint density at radius 2 is 2.00 bits per heavy atom. The molecule has 0 radical (unpaired) electrons. The molecule has 6 heteroatoms. The van der Waals surface area contributed by atoms with E-state index in [1.54, 1.807) is 4.90 Å². The van der Waals surface area contributed by atoms with Gasteiger partial charge in [0.15, 0.2) is 9.84 Å². The third-order valence-electron chi connectivity index (χ3n) is 3.95. The molecule has 0 aromatic heterocycles. The molecule has 0 aliphatic carbocycles. The fourth-order valence-electron chi connectivity index (χ4n) is 2.77. The summed E-state index contributed by atoms with van der Waals surface area (Å²) in [5.41, 5.74) is 0. The molecule has 2 atom stereocenters. The van der Waals surface area contributed by atoms with E-state index < -0.39 is 9.84 Å². The van der Waals surface area contributed by atoms with Crippen LogP contribution in [0.2, 0.25) is 0 Å². The number of hydrogen-bond acceptors (Lipinski definition) is 4. The first-order valence-electron chi connectivity index (χ1n) is 6.72. The minimum atomic E-state index is -2.94. The Kier molecular flexibility index (Phi) is 4.27. The summed E-state index contributed by atoms with van der Waals surface area (Å²) in [7, 11) is -2.94. The number of carbonyl (C=O) groups is 1. The zero-order valence-corrected chi connectivity index (χ0v) is 11.7.